The minimum absolute atomic E-state index is 0.0138. The van der Waals surface area contributed by atoms with Crippen molar-refractivity contribution in [3.63, 3.8) is 0 Å². The number of allylic oxidation sites excluding steroid dienone is 4. The van der Waals surface area contributed by atoms with Gasteiger partial charge in [-0.15, -0.1) is 0 Å². The third-order valence-corrected chi connectivity index (χ3v) is 10.3. The summed E-state index contributed by atoms with van der Waals surface area (Å²) >= 11 is 0. The van der Waals surface area contributed by atoms with E-state index in [1.165, 1.54) is 16.7 Å². The van der Waals surface area contributed by atoms with Gasteiger partial charge in [-0.2, -0.15) is 0 Å². The summed E-state index contributed by atoms with van der Waals surface area (Å²) in [7, 11) is 0. The fraction of sp³-hybridized carbons (Fsp3) is 0.429. The van der Waals surface area contributed by atoms with Gasteiger partial charge in [0.1, 0.15) is 40.1 Å². The summed E-state index contributed by atoms with van der Waals surface area (Å²) in [6, 6.07) is 8.19. The number of aliphatic hydroxyl groups excluding tert-OH is 6. The molecular weight excluding hydrogens is 780 g/mol. The maximum Gasteiger partial charge on any atom is 0.303 e. The van der Waals surface area contributed by atoms with Crippen LogP contribution in [0.4, 0.5) is 0 Å². The van der Waals surface area contributed by atoms with Crippen molar-refractivity contribution in [2.45, 2.75) is 80.1 Å². The Hall–Kier alpha value is -5.76. The molecule has 3 aromatic rings. The molecule has 5 rings (SSSR count). The number of carbonyl (C=O) groups is 4. The molecule has 5 heterocycles. The number of carboxylic acid groups (broad SMARTS) is 2. The molecule has 0 saturated carbocycles. The van der Waals surface area contributed by atoms with E-state index in [0.717, 1.165) is 74.2 Å². The zero-order chi connectivity index (χ0) is 44.8. The fourth-order valence-electron chi connectivity index (χ4n) is 6.83. The van der Waals surface area contributed by atoms with E-state index in [4.69, 9.17) is 40.6 Å². The third kappa shape index (κ3) is 11.7. The highest BCUT2D eigenvalue weighted by atomic mass is 16.4. The molecule has 326 valence electrons. The molecule has 10 N–H and O–H groups in total. The molecule has 0 atom stereocenters. The van der Waals surface area contributed by atoms with Gasteiger partial charge in [0.2, 0.25) is 0 Å². The van der Waals surface area contributed by atoms with Crippen LogP contribution < -0.4 is 0 Å². The summed E-state index contributed by atoms with van der Waals surface area (Å²) in [6.45, 7) is 8.85. The molecule has 0 spiro atoms. The topological polar surface area (TPSA) is 294 Å². The Balaban J connectivity index is 0.000000445. The van der Waals surface area contributed by atoms with E-state index < -0.39 is 63.9 Å². The normalized spacial score (nSPS) is 12.1. The number of hydrogen-bond donors (Lipinski definition) is 10. The Morgan fingerprint density at radius 1 is 0.533 bits per heavy atom. The predicted octanol–water partition coefficient (Wildman–Crippen LogP) is 3.06. The highest BCUT2D eigenvalue weighted by molar-refractivity contribution is 5.96. The second-order valence-electron chi connectivity index (χ2n) is 13.9. The van der Waals surface area contributed by atoms with Crippen LogP contribution in [0, 0.1) is 13.8 Å². The molecule has 0 radical (unpaired) electrons. The van der Waals surface area contributed by atoms with E-state index in [-0.39, 0.29) is 12.8 Å². The van der Waals surface area contributed by atoms with Crippen LogP contribution in [0.25, 0.3) is 44.4 Å². The number of aliphatic carboxylic acids is 2. The Morgan fingerprint density at radius 2 is 0.883 bits per heavy atom. The van der Waals surface area contributed by atoms with Gasteiger partial charge >= 0.3 is 11.9 Å². The second kappa shape index (κ2) is 22.6. The molecule has 18 nitrogen and oxygen atoms in total. The number of hydrogen-bond acceptors (Lipinski definition) is 12. The number of aromatic amines is 2. The van der Waals surface area contributed by atoms with Gasteiger partial charge in [0.25, 0.3) is 11.8 Å². The van der Waals surface area contributed by atoms with Gasteiger partial charge in [-0.3, -0.25) is 29.0 Å². The lowest BCUT2D eigenvalue weighted by Gasteiger charge is -2.13. The van der Waals surface area contributed by atoms with Crippen LogP contribution in [0.5, 0.6) is 0 Å². The zero-order valence-corrected chi connectivity index (χ0v) is 34.8. The van der Waals surface area contributed by atoms with E-state index in [2.05, 4.69) is 49.8 Å². The highest BCUT2D eigenvalue weighted by Crippen LogP contribution is 2.38. The molecule has 60 heavy (non-hydrogen) atoms. The summed E-state index contributed by atoms with van der Waals surface area (Å²) < 4.78 is 0. The first-order valence-corrected chi connectivity index (χ1v) is 19.3. The van der Waals surface area contributed by atoms with Crippen LogP contribution in [-0.4, -0.2) is 134 Å². The Kier molecular flexibility index (Phi) is 18.3. The minimum atomic E-state index is -0.869. The average Bonchev–Trinajstić information content (AvgIpc) is 3.89. The van der Waals surface area contributed by atoms with Crippen molar-refractivity contribution in [3.8, 4) is 0 Å². The van der Waals surface area contributed by atoms with Crippen LogP contribution in [0.1, 0.15) is 98.4 Å². The van der Waals surface area contributed by atoms with Gasteiger partial charge in [-0.05, 0) is 122 Å². The molecule has 2 amide bonds. The van der Waals surface area contributed by atoms with Gasteiger partial charge in [-0.1, -0.05) is 13.8 Å². The van der Waals surface area contributed by atoms with Gasteiger partial charge in [-0.25, -0.2) is 9.97 Å². The van der Waals surface area contributed by atoms with E-state index in [1.54, 1.807) is 0 Å². The number of aliphatic hydroxyl groups is 6. The molecule has 8 bridgehead atoms. The minimum Gasteiger partial charge on any atom is -0.481 e. The number of carbonyl (C=O) groups excluding carboxylic acids is 2. The predicted molar refractivity (Wildman–Crippen MR) is 224 cm³/mol. The van der Waals surface area contributed by atoms with E-state index >= 15 is 0 Å². The SMILES string of the molecule is CCc1c(C)c2cc3[nH]c(cc4nc(cc5nc(cc1[nH]2)C(C)=C5CCC(=O)O)C(CCC(=O)O)=C4C)c(C)c3CC.O=C(CO)N(CO)CO.O=C(CO)N(CO)CO. The molecule has 0 fully saturated rings. The molecule has 2 aliphatic heterocycles. The van der Waals surface area contributed by atoms with Crippen molar-refractivity contribution in [3.05, 3.63) is 69.3 Å². The first kappa shape index (κ1) is 48.6. The largest absolute Gasteiger partial charge is 0.481 e. The molecule has 0 aromatic carbocycles. The third-order valence-electron chi connectivity index (χ3n) is 10.3. The molecular formula is C42H56N6O12. The first-order valence-electron chi connectivity index (χ1n) is 19.3. The highest BCUT2D eigenvalue weighted by Gasteiger charge is 2.23. The van der Waals surface area contributed by atoms with Crippen molar-refractivity contribution in [1.82, 2.24) is 29.7 Å². The van der Waals surface area contributed by atoms with E-state index in [9.17, 15) is 29.4 Å². The van der Waals surface area contributed by atoms with Crippen molar-refractivity contribution < 1.29 is 60.0 Å². The Morgan fingerprint density at radius 3 is 1.20 bits per heavy atom. The lowest BCUT2D eigenvalue weighted by atomic mass is 9.98. The standard InChI is InChI=1S/C34H38N4O4.2C4H9NO4/c1-7-21-17(3)25-13-26-19(5)23(9-11-33(39)40)31(37-26)16-32-24(10-12-34(41)42)20(6)28(38-32)15-30-22(8-2)18(4)27(36-30)14-29(21)35-25;2*6-1-4(9)5(2-7)3-8/h13-16,35-36H,7-12H2,1-6H3,(H,39,40)(H,41,42);2*6-8H,1-3H2. The van der Waals surface area contributed by atoms with Gasteiger partial charge in [0, 0.05) is 34.9 Å². The van der Waals surface area contributed by atoms with E-state index in [1.807, 2.05) is 26.0 Å². The summed E-state index contributed by atoms with van der Waals surface area (Å²) in [5.41, 5.74) is 15.4. The Labute approximate surface area is 346 Å². The molecule has 2 aliphatic rings. The Bertz CT molecular complexity index is 2260. The molecule has 0 aliphatic carbocycles. The molecule has 18 heteroatoms. The van der Waals surface area contributed by atoms with Crippen LogP contribution in [-0.2, 0) is 32.0 Å². The van der Waals surface area contributed by atoms with Gasteiger partial charge in [0.05, 0.1) is 22.8 Å². The summed E-state index contributed by atoms with van der Waals surface area (Å²) in [6.07, 6.45) is 2.37. The van der Waals surface area contributed by atoms with Gasteiger partial charge in [0.15, 0.2) is 0 Å². The lowest BCUT2D eigenvalue weighted by molar-refractivity contribution is -0.143. The number of aromatic nitrogens is 4. The van der Waals surface area contributed by atoms with Crippen molar-refractivity contribution in [2.24, 2.45) is 0 Å². The molecule has 0 saturated heterocycles. The van der Waals surface area contributed by atoms with Crippen LogP contribution in [0.15, 0.2) is 24.3 Å². The first-order chi connectivity index (χ1) is 28.5. The van der Waals surface area contributed by atoms with E-state index in [0.29, 0.717) is 34.0 Å². The van der Waals surface area contributed by atoms with Crippen molar-refractivity contribution in [2.75, 3.05) is 40.1 Å². The fourth-order valence-corrected chi connectivity index (χ4v) is 6.83. The smallest absolute Gasteiger partial charge is 0.303 e. The lowest BCUT2D eigenvalue weighted by Crippen LogP contribution is -2.34. The van der Waals surface area contributed by atoms with Crippen molar-refractivity contribution in [1.29, 1.82) is 0 Å². The summed E-state index contributed by atoms with van der Waals surface area (Å²) in [5, 5.41) is 68.3. The zero-order valence-electron chi connectivity index (χ0n) is 34.8. The maximum atomic E-state index is 11.5. The summed E-state index contributed by atoms with van der Waals surface area (Å²) in [4.78, 5) is 62.4. The number of nitrogens with zero attached hydrogens (tertiary/aromatic N) is 4. The van der Waals surface area contributed by atoms with Gasteiger partial charge < -0.3 is 50.8 Å². The second-order valence-corrected chi connectivity index (χ2v) is 13.9. The van der Waals surface area contributed by atoms with Crippen LogP contribution in [0.3, 0.4) is 0 Å². The molecule has 0 unspecified atom stereocenters. The molecule has 3 aromatic heterocycles. The number of amides is 2. The monoisotopic (exact) mass is 836 g/mol. The van der Waals surface area contributed by atoms with Crippen LogP contribution >= 0.6 is 0 Å². The number of aryl methyl sites for hydroxylation is 4. The number of rotatable bonds is 14. The number of carboxylic acids is 2. The van der Waals surface area contributed by atoms with Crippen molar-refractivity contribution >= 4 is 68.1 Å². The quantitative estimate of drug-likeness (QED) is 0.105. The number of nitrogens with one attached hydrogen (secondary N) is 2. The van der Waals surface area contributed by atoms with Crippen LogP contribution in [0.2, 0.25) is 0 Å². The summed E-state index contributed by atoms with van der Waals surface area (Å²) in [5.74, 6) is -3.13. The number of fused-ring (bicyclic) bond motifs is 8. The average molecular weight is 837 g/mol. The number of H-pyrrole nitrogens is 2. The maximum absolute atomic E-state index is 11.5.